The highest BCUT2D eigenvalue weighted by molar-refractivity contribution is 6.37. The maximum Gasteiger partial charge on any atom is 0.195 e. The van der Waals surface area contributed by atoms with E-state index in [1.54, 1.807) is 84.6 Å². The van der Waals surface area contributed by atoms with Gasteiger partial charge in [0.05, 0.1) is 11.6 Å². The number of aryl methyl sites for hydroxylation is 1. The molecule has 3 aromatic carbocycles. The second kappa shape index (κ2) is 7.08. The minimum Gasteiger partial charge on any atom is -0.486 e. The molecule has 8 heteroatoms. The van der Waals surface area contributed by atoms with E-state index in [0.717, 1.165) is 5.56 Å². The van der Waals surface area contributed by atoms with Crippen LogP contribution in [0.1, 0.15) is 57.4 Å². The molecule has 2 fully saturated rings. The zero-order valence-corrected chi connectivity index (χ0v) is 22.1. The van der Waals surface area contributed by atoms with Crippen molar-refractivity contribution < 1.29 is 28.7 Å². The summed E-state index contributed by atoms with van der Waals surface area (Å²) in [5.41, 5.74) is -3.08. The summed E-state index contributed by atoms with van der Waals surface area (Å²) in [5, 5.41) is 0. The Morgan fingerprint density at radius 1 is 0.675 bits per heavy atom. The van der Waals surface area contributed by atoms with Crippen molar-refractivity contribution in [3.63, 3.8) is 0 Å². The Hall–Kier alpha value is -4.27. The molecule has 3 aliphatic heterocycles. The fraction of sp³-hybridized carbons (Fsp3) is 0.281. The molecule has 40 heavy (non-hydrogen) atoms. The first-order valence-corrected chi connectivity index (χ1v) is 13.3. The number of fused-ring (bicyclic) bond motifs is 5. The highest BCUT2D eigenvalue weighted by atomic mass is 16.5. The molecule has 0 unspecified atom stereocenters. The quantitative estimate of drug-likeness (QED) is 0.408. The minimum atomic E-state index is -1.92. The van der Waals surface area contributed by atoms with Gasteiger partial charge in [0.15, 0.2) is 40.0 Å². The van der Waals surface area contributed by atoms with Gasteiger partial charge in [0.1, 0.15) is 17.3 Å². The van der Waals surface area contributed by atoms with E-state index in [0.29, 0.717) is 5.56 Å². The van der Waals surface area contributed by atoms with E-state index < -0.39 is 51.8 Å². The van der Waals surface area contributed by atoms with Crippen LogP contribution in [-0.4, -0.2) is 82.6 Å². The number of likely N-dealkylation sites (tertiary alicyclic amines) is 2. The van der Waals surface area contributed by atoms with Gasteiger partial charge in [0.2, 0.25) is 0 Å². The Kier molecular flexibility index (Phi) is 4.18. The van der Waals surface area contributed by atoms with Crippen LogP contribution in [0, 0.1) is 12.3 Å². The summed E-state index contributed by atoms with van der Waals surface area (Å²) in [6.07, 6.45) is -1.25. The van der Waals surface area contributed by atoms with Crippen LogP contribution < -0.4 is 4.74 Å². The average Bonchev–Trinajstić information content (AvgIpc) is 3.53. The van der Waals surface area contributed by atoms with Gasteiger partial charge < -0.3 is 4.74 Å². The van der Waals surface area contributed by atoms with E-state index in [-0.39, 0.29) is 40.3 Å². The first-order valence-electron chi connectivity index (χ1n) is 13.3. The fourth-order valence-electron chi connectivity index (χ4n) is 8.54. The van der Waals surface area contributed by atoms with Crippen molar-refractivity contribution >= 4 is 28.9 Å². The third-order valence-corrected chi connectivity index (χ3v) is 10.0. The van der Waals surface area contributed by atoms with Gasteiger partial charge in [-0.1, -0.05) is 60.2 Å². The van der Waals surface area contributed by atoms with E-state index in [1.807, 2.05) is 13.0 Å². The lowest BCUT2D eigenvalue weighted by Gasteiger charge is -2.42. The Balaban J connectivity index is 1.46. The van der Waals surface area contributed by atoms with Gasteiger partial charge in [-0.3, -0.25) is 33.8 Å². The number of ketones is 5. The van der Waals surface area contributed by atoms with Crippen molar-refractivity contribution in [2.45, 2.75) is 30.1 Å². The van der Waals surface area contributed by atoms with Gasteiger partial charge in [-0.25, -0.2) is 0 Å². The van der Waals surface area contributed by atoms with Crippen molar-refractivity contribution in [1.29, 1.82) is 0 Å². The largest absolute Gasteiger partial charge is 0.486 e. The number of carbonyl (C=O) groups is 5. The van der Waals surface area contributed by atoms with Gasteiger partial charge in [0.25, 0.3) is 0 Å². The number of Topliss-reactive ketones (excluding diaryl/α,β-unsaturated/α-hetero) is 5. The summed E-state index contributed by atoms with van der Waals surface area (Å²) in [6.45, 7) is 1.82. The van der Waals surface area contributed by atoms with Gasteiger partial charge in [-0.05, 0) is 33.2 Å². The zero-order valence-electron chi connectivity index (χ0n) is 22.1. The molecular formula is C32H24N2O6. The molecule has 0 N–H and O–H groups in total. The summed E-state index contributed by atoms with van der Waals surface area (Å²) in [6, 6.07) is 17.3. The standard InChI is InChI=1S/C32H24N2O6/c1-16-12-13-22-21(14-16)23(35)30-15-33(2)31(24(36)17-8-4-5-9-18(17)25(31)37)28(30)34(3)32(29(30)40-22)26(38)19-10-6-7-11-20(19)27(32)39/h4-14,28-29H,15H2,1-3H3/t28-,29+,30+/m0/s1. The van der Waals surface area contributed by atoms with E-state index in [1.165, 1.54) is 0 Å². The van der Waals surface area contributed by atoms with Crippen molar-refractivity contribution in [2.24, 2.45) is 5.41 Å². The number of carbonyl (C=O) groups excluding carboxylic acids is 5. The second-order valence-electron chi connectivity index (χ2n) is 11.7. The van der Waals surface area contributed by atoms with Crippen LogP contribution in [0.2, 0.25) is 0 Å². The van der Waals surface area contributed by atoms with Crippen molar-refractivity contribution in [3.8, 4) is 5.75 Å². The van der Waals surface area contributed by atoms with Crippen LogP contribution in [0.25, 0.3) is 0 Å². The number of rotatable bonds is 0. The van der Waals surface area contributed by atoms with Crippen molar-refractivity contribution in [2.75, 3.05) is 20.6 Å². The van der Waals surface area contributed by atoms with Crippen LogP contribution in [0.15, 0.2) is 66.7 Å². The van der Waals surface area contributed by atoms with Crippen molar-refractivity contribution in [1.82, 2.24) is 9.80 Å². The lowest BCUT2D eigenvalue weighted by molar-refractivity contribution is 0.00732. The molecule has 0 aromatic heterocycles. The molecule has 0 saturated carbocycles. The van der Waals surface area contributed by atoms with E-state index in [9.17, 15) is 24.0 Å². The summed E-state index contributed by atoms with van der Waals surface area (Å²) < 4.78 is 6.61. The maximum atomic E-state index is 14.8. The molecule has 5 aliphatic rings. The van der Waals surface area contributed by atoms with Crippen LogP contribution >= 0.6 is 0 Å². The molecular weight excluding hydrogens is 508 g/mol. The molecule has 0 radical (unpaired) electrons. The van der Waals surface area contributed by atoms with Gasteiger partial charge >= 0.3 is 0 Å². The molecule has 2 aliphatic carbocycles. The van der Waals surface area contributed by atoms with Gasteiger partial charge in [0, 0.05) is 28.8 Å². The van der Waals surface area contributed by atoms with E-state index in [2.05, 4.69) is 0 Å². The van der Waals surface area contributed by atoms with Crippen LogP contribution in [-0.2, 0) is 0 Å². The SMILES string of the molecule is Cc1ccc2c(c1)C(=O)[C@]13CN(C)C4(C(=O)c5ccccc5C4=O)[C@H]1N(C)C1(C(=O)c4ccccc4C1=O)[C@@H]3O2. The smallest absolute Gasteiger partial charge is 0.195 e. The Morgan fingerprint density at radius 2 is 1.18 bits per heavy atom. The number of hydrogen-bond acceptors (Lipinski definition) is 8. The Labute approximate surface area is 229 Å². The lowest BCUT2D eigenvalue weighted by Crippen LogP contribution is -2.67. The number of hydrogen-bond donors (Lipinski definition) is 0. The van der Waals surface area contributed by atoms with Crippen molar-refractivity contribution in [3.05, 3.63) is 100 Å². The van der Waals surface area contributed by atoms with Crippen LogP contribution in [0.5, 0.6) is 5.75 Å². The number of ether oxygens (including phenoxy) is 1. The molecule has 8 nitrogen and oxygen atoms in total. The van der Waals surface area contributed by atoms with Crippen LogP contribution in [0.4, 0.5) is 0 Å². The zero-order chi connectivity index (χ0) is 27.9. The molecule has 0 bridgehead atoms. The molecule has 2 saturated heterocycles. The number of nitrogens with zero attached hydrogens (tertiary/aromatic N) is 2. The summed E-state index contributed by atoms with van der Waals surface area (Å²) >= 11 is 0. The highest BCUT2D eigenvalue weighted by Gasteiger charge is 2.87. The second-order valence-corrected chi connectivity index (χ2v) is 11.7. The number of benzene rings is 3. The average molecular weight is 533 g/mol. The molecule has 3 spiro atoms. The Morgan fingerprint density at radius 3 is 1.70 bits per heavy atom. The van der Waals surface area contributed by atoms with E-state index in [4.69, 9.17) is 4.74 Å². The monoisotopic (exact) mass is 532 g/mol. The first-order chi connectivity index (χ1) is 19.1. The lowest BCUT2D eigenvalue weighted by atomic mass is 9.65. The summed E-state index contributed by atoms with van der Waals surface area (Å²) in [7, 11) is 3.25. The van der Waals surface area contributed by atoms with E-state index >= 15 is 0 Å². The topological polar surface area (TPSA) is 101 Å². The molecule has 3 heterocycles. The van der Waals surface area contributed by atoms with Crippen LogP contribution in [0.3, 0.4) is 0 Å². The summed E-state index contributed by atoms with van der Waals surface area (Å²) in [5.74, 6) is -1.87. The molecule has 8 rings (SSSR count). The predicted molar refractivity (Wildman–Crippen MR) is 142 cm³/mol. The molecule has 3 aromatic rings. The third-order valence-electron chi connectivity index (χ3n) is 10.0. The normalized spacial score (nSPS) is 29.0. The number of likely N-dealkylation sites (N-methyl/N-ethyl adjacent to an activating group) is 2. The molecule has 3 atom stereocenters. The highest BCUT2D eigenvalue weighted by Crippen LogP contribution is 2.64. The van der Waals surface area contributed by atoms with Gasteiger partial charge in [-0.15, -0.1) is 0 Å². The molecule has 198 valence electrons. The third kappa shape index (κ3) is 2.15. The minimum absolute atomic E-state index is 0.0387. The van der Waals surface area contributed by atoms with Gasteiger partial charge in [-0.2, -0.15) is 0 Å². The first kappa shape index (κ1) is 23.6. The predicted octanol–water partition coefficient (Wildman–Crippen LogP) is 2.82. The Bertz CT molecular complexity index is 1720. The fourth-order valence-corrected chi connectivity index (χ4v) is 8.54. The maximum absolute atomic E-state index is 14.8. The summed E-state index contributed by atoms with van der Waals surface area (Å²) in [4.78, 5) is 75.6. The molecule has 0 amide bonds.